The Labute approximate surface area is 131 Å². The third-order valence-corrected chi connectivity index (χ3v) is 4.69. The average Bonchev–Trinajstić information content (AvgIpc) is 2.58. The van der Waals surface area contributed by atoms with Gasteiger partial charge in [-0.3, -0.25) is 4.79 Å². The molecule has 2 saturated heterocycles. The predicted octanol–water partition coefficient (Wildman–Crippen LogP) is 2.18. The zero-order valence-corrected chi connectivity index (χ0v) is 12.9. The Kier molecular flexibility index (Phi) is 4.57. The number of aromatic nitrogens is 1. The molecule has 2 fully saturated rings. The number of carbonyl (C=O) groups excluding carboxylic acids is 1. The number of pyridine rings is 1. The van der Waals surface area contributed by atoms with Crippen molar-refractivity contribution in [3.63, 3.8) is 0 Å². The number of anilines is 1. The molecule has 0 aliphatic carbocycles. The molecule has 0 spiro atoms. The van der Waals surface area contributed by atoms with Crippen LogP contribution in [0.4, 0.5) is 5.82 Å². The van der Waals surface area contributed by atoms with Crippen molar-refractivity contribution in [2.24, 2.45) is 5.92 Å². The predicted molar refractivity (Wildman–Crippen MR) is 84.3 cm³/mol. The van der Waals surface area contributed by atoms with Gasteiger partial charge in [-0.15, -0.1) is 0 Å². The first-order chi connectivity index (χ1) is 10.8. The lowest BCUT2D eigenvalue weighted by Crippen LogP contribution is -2.42. The molecular formula is C17H22N4O. The number of likely N-dealkylation sites (tertiary alicyclic amines) is 1. The standard InChI is InChI=1S/C17H22N4O/c18-12-15-4-3-5-16(19-15)20-10-7-14(8-11-20)13-21-9-2-1-6-17(21)22/h3-5,14H,1-2,6-11,13H2. The molecule has 3 heterocycles. The maximum Gasteiger partial charge on any atom is 0.222 e. The highest BCUT2D eigenvalue weighted by atomic mass is 16.2. The van der Waals surface area contributed by atoms with Crippen LogP contribution in [0.25, 0.3) is 0 Å². The summed E-state index contributed by atoms with van der Waals surface area (Å²) in [5, 5.41) is 8.94. The van der Waals surface area contributed by atoms with Gasteiger partial charge in [0.1, 0.15) is 17.6 Å². The molecule has 2 aliphatic rings. The Morgan fingerprint density at radius 2 is 2.05 bits per heavy atom. The van der Waals surface area contributed by atoms with E-state index in [-0.39, 0.29) is 0 Å². The summed E-state index contributed by atoms with van der Waals surface area (Å²) in [6, 6.07) is 7.68. The van der Waals surface area contributed by atoms with Crippen molar-refractivity contribution in [2.75, 3.05) is 31.1 Å². The zero-order chi connectivity index (χ0) is 15.4. The fourth-order valence-electron chi connectivity index (χ4n) is 3.37. The highest BCUT2D eigenvalue weighted by Gasteiger charge is 2.25. The molecule has 116 valence electrons. The highest BCUT2D eigenvalue weighted by Crippen LogP contribution is 2.24. The van der Waals surface area contributed by atoms with Crippen molar-refractivity contribution in [3.8, 4) is 6.07 Å². The fourth-order valence-corrected chi connectivity index (χ4v) is 3.37. The zero-order valence-electron chi connectivity index (χ0n) is 12.9. The lowest BCUT2D eigenvalue weighted by molar-refractivity contribution is -0.134. The largest absolute Gasteiger partial charge is 0.357 e. The van der Waals surface area contributed by atoms with E-state index in [0.717, 1.165) is 64.1 Å². The quantitative estimate of drug-likeness (QED) is 0.858. The summed E-state index contributed by atoms with van der Waals surface area (Å²) in [6.45, 7) is 3.76. The van der Waals surface area contributed by atoms with Gasteiger partial charge in [-0.25, -0.2) is 4.98 Å². The molecule has 0 unspecified atom stereocenters. The molecule has 5 heteroatoms. The van der Waals surface area contributed by atoms with Crippen LogP contribution >= 0.6 is 0 Å². The van der Waals surface area contributed by atoms with Crippen molar-refractivity contribution in [2.45, 2.75) is 32.1 Å². The normalized spacial score (nSPS) is 20.0. The third-order valence-electron chi connectivity index (χ3n) is 4.69. The molecular weight excluding hydrogens is 276 g/mol. The van der Waals surface area contributed by atoms with Gasteiger partial charge in [0.2, 0.25) is 5.91 Å². The van der Waals surface area contributed by atoms with Gasteiger partial charge in [-0.2, -0.15) is 5.26 Å². The van der Waals surface area contributed by atoms with Crippen molar-refractivity contribution < 1.29 is 4.79 Å². The molecule has 0 bridgehead atoms. The van der Waals surface area contributed by atoms with E-state index in [1.165, 1.54) is 0 Å². The summed E-state index contributed by atoms with van der Waals surface area (Å²) in [5.74, 6) is 1.82. The van der Waals surface area contributed by atoms with Crippen LogP contribution in [0.5, 0.6) is 0 Å². The number of hydrogen-bond acceptors (Lipinski definition) is 4. The maximum atomic E-state index is 11.9. The first-order valence-corrected chi connectivity index (χ1v) is 8.16. The van der Waals surface area contributed by atoms with Gasteiger partial charge in [0.25, 0.3) is 0 Å². The van der Waals surface area contributed by atoms with Crippen molar-refractivity contribution in [3.05, 3.63) is 23.9 Å². The molecule has 0 radical (unpaired) electrons. The fraction of sp³-hybridized carbons (Fsp3) is 0.588. The van der Waals surface area contributed by atoms with E-state index in [4.69, 9.17) is 5.26 Å². The topological polar surface area (TPSA) is 60.2 Å². The van der Waals surface area contributed by atoms with Gasteiger partial charge in [-0.05, 0) is 43.7 Å². The molecule has 2 aliphatic heterocycles. The van der Waals surface area contributed by atoms with Gasteiger partial charge in [0.15, 0.2) is 0 Å². The van der Waals surface area contributed by atoms with Gasteiger partial charge >= 0.3 is 0 Å². The molecule has 0 N–H and O–H groups in total. The minimum atomic E-state index is 0.331. The first-order valence-electron chi connectivity index (χ1n) is 8.16. The number of carbonyl (C=O) groups is 1. The molecule has 1 amide bonds. The van der Waals surface area contributed by atoms with Crippen LogP contribution in [-0.2, 0) is 4.79 Å². The highest BCUT2D eigenvalue weighted by molar-refractivity contribution is 5.76. The third kappa shape index (κ3) is 3.38. The van der Waals surface area contributed by atoms with E-state index in [1.54, 1.807) is 6.07 Å². The van der Waals surface area contributed by atoms with Crippen LogP contribution in [0.2, 0.25) is 0 Å². The molecule has 3 rings (SSSR count). The van der Waals surface area contributed by atoms with Crippen LogP contribution in [-0.4, -0.2) is 42.0 Å². The van der Waals surface area contributed by atoms with E-state index in [1.807, 2.05) is 12.1 Å². The smallest absolute Gasteiger partial charge is 0.222 e. The van der Waals surface area contributed by atoms with Crippen LogP contribution in [0.1, 0.15) is 37.8 Å². The van der Waals surface area contributed by atoms with E-state index in [9.17, 15) is 4.79 Å². The molecule has 0 aromatic carbocycles. The Balaban J connectivity index is 1.54. The van der Waals surface area contributed by atoms with Crippen LogP contribution in [0.3, 0.4) is 0 Å². The molecule has 5 nitrogen and oxygen atoms in total. The second kappa shape index (κ2) is 6.78. The average molecular weight is 298 g/mol. The number of hydrogen-bond donors (Lipinski definition) is 0. The van der Waals surface area contributed by atoms with Crippen LogP contribution in [0, 0.1) is 17.2 Å². The summed E-state index contributed by atoms with van der Waals surface area (Å²) in [5.41, 5.74) is 0.471. The molecule has 0 saturated carbocycles. The van der Waals surface area contributed by atoms with E-state index >= 15 is 0 Å². The van der Waals surface area contributed by atoms with Crippen molar-refractivity contribution >= 4 is 11.7 Å². The van der Waals surface area contributed by atoms with Gasteiger partial charge in [0, 0.05) is 32.6 Å². The molecule has 1 aromatic rings. The summed E-state index contributed by atoms with van der Waals surface area (Å²) in [6.07, 6.45) is 5.10. The number of nitriles is 1. The van der Waals surface area contributed by atoms with E-state index in [2.05, 4.69) is 20.9 Å². The van der Waals surface area contributed by atoms with Gasteiger partial charge in [-0.1, -0.05) is 6.07 Å². The Hall–Kier alpha value is -2.09. The monoisotopic (exact) mass is 298 g/mol. The summed E-state index contributed by atoms with van der Waals surface area (Å²) in [7, 11) is 0. The maximum absolute atomic E-state index is 11.9. The summed E-state index contributed by atoms with van der Waals surface area (Å²) < 4.78 is 0. The van der Waals surface area contributed by atoms with Crippen LogP contribution < -0.4 is 4.90 Å². The Morgan fingerprint density at radius 3 is 2.77 bits per heavy atom. The number of piperidine rings is 2. The Bertz CT molecular complexity index is 572. The van der Waals surface area contributed by atoms with Crippen molar-refractivity contribution in [1.29, 1.82) is 5.26 Å². The second-order valence-electron chi connectivity index (χ2n) is 6.22. The number of nitrogens with zero attached hydrogens (tertiary/aromatic N) is 4. The van der Waals surface area contributed by atoms with E-state index in [0.29, 0.717) is 17.5 Å². The van der Waals surface area contributed by atoms with Gasteiger partial charge < -0.3 is 9.80 Å². The number of amides is 1. The van der Waals surface area contributed by atoms with Gasteiger partial charge in [0.05, 0.1) is 0 Å². The summed E-state index contributed by atoms with van der Waals surface area (Å²) >= 11 is 0. The lowest BCUT2D eigenvalue weighted by atomic mass is 9.95. The SMILES string of the molecule is N#Cc1cccc(N2CCC(CN3CCCCC3=O)CC2)n1. The van der Waals surface area contributed by atoms with E-state index < -0.39 is 0 Å². The van der Waals surface area contributed by atoms with Crippen LogP contribution in [0.15, 0.2) is 18.2 Å². The molecule has 0 atom stereocenters. The minimum absolute atomic E-state index is 0.331. The molecule has 1 aromatic heterocycles. The Morgan fingerprint density at radius 1 is 1.23 bits per heavy atom. The second-order valence-corrected chi connectivity index (χ2v) is 6.22. The lowest BCUT2D eigenvalue weighted by Gasteiger charge is -2.36. The summed E-state index contributed by atoms with van der Waals surface area (Å²) in [4.78, 5) is 20.6. The number of rotatable bonds is 3. The van der Waals surface area contributed by atoms with Crippen molar-refractivity contribution in [1.82, 2.24) is 9.88 Å². The minimum Gasteiger partial charge on any atom is -0.357 e. The molecule has 22 heavy (non-hydrogen) atoms. The first kappa shape index (κ1) is 14.8.